The highest BCUT2D eigenvalue weighted by Crippen LogP contribution is 2.19. The van der Waals surface area contributed by atoms with E-state index in [1.807, 2.05) is 24.3 Å². The van der Waals surface area contributed by atoms with Gasteiger partial charge in [0.25, 0.3) is 0 Å². The van der Waals surface area contributed by atoms with Gasteiger partial charge in [0.2, 0.25) is 5.91 Å². The molecule has 5 nitrogen and oxygen atoms in total. The Morgan fingerprint density at radius 1 is 1.24 bits per heavy atom. The Morgan fingerprint density at radius 2 is 1.95 bits per heavy atom. The van der Waals surface area contributed by atoms with Crippen LogP contribution in [0.2, 0.25) is 0 Å². The molecule has 5 heteroatoms. The number of amides is 1. The summed E-state index contributed by atoms with van der Waals surface area (Å²) < 4.78 is 5.67. The first-order valence-corrected chi connectivity index (χ1v) is 7.44. The van der Waals surface area contributed by atoms with Crippen molar-refractivity contribution in [2.45, 2.75) is 19.8 Å². The number of rotatable bonds is 9. The van der Waals surface area contributed by atoms with E-state index in [4.69, 9.17) is 10.5 Å². The predicted octanol–water partition coefficient (Wildman–Crippen LogP) is 1.84. The zero-order valence-electron chi connectivity index (χ0n) is 13.3. The minimum atomic E-state index is 0.136. The van der Waals surface area contributed by atoms with Crippen LogP contribution in [0.4, 0.5) is 5.69 Å². The SMILES string of the molecule is CCCN(CCCOc1ccccc1N)CC(=O)N(C)C. The molecule has 0 aliphatic carbocycles. The molecule has 2 N–H and O–H groups in total. The van der Waals surface area contributed by atoms with Gasteiger partial charge in [0.05, 0.1) is 18.8 Å². The Hall–Kier alpha value is -1.75. The molecule has 1 amide bonds. The Kier molecular flexibility index (Phi) is 7.61. The fraction of sp³-hybridized carbons (Fsp3) is 0.562. The number of para-hydroxylation sites is 2. The molecular formula is C16H27N3O2. The molecule has 0 radical (unpaired) electrons. The number of nitrogens with two attached hydrogens (primary N) is 1. The van der Waals surface area contributed by atoms with Gasteiger partial charge < -0.3 is 15.4 Å². The van der Waals surface area contributed by atoms with E-state index in [0.29, 0.717) is 18.8 Å². The summed E-state index contributed by atoms with van der Waals surface area (Å²) in [5.74, 6) is 0.862. The second-order valence-electron chi connectivity index (χ2n) is 5.30. The van der Waals surface area contributed by atoms with Crippen LogP contribution in [-0.2, 0) is 4.79 Å². The zero-order valence-corrected chi connectivity index (χ0v) is 13.3. The van der Waals surface area contributed by atoms with Crippen LogP contribution in [0.3, 0.4) is 0 Å². The quantitative estimate of drug-likeness (QED) is 0.557. The van der Waals surface area contributed by atoms with Gasteiger partial charge in [-0.2, -0.15) is 0 Å². The molecule has 0 atom stereocenters. The Bertz CT molecular complexity index is 435. The predicted molar refractivity (Wildman–Crippen MR) is 86.4 cm³/mol. The summed E-state index contributed by atoms with van der Waals surface area (Å²) in [6, 6.07) is 7.49. The van der Waals surface area contributed by atoms with E-state index in [9.17, 15) is 4.79 Å². The monoisotopic (exact) mass is 293 g/mol. The van der Waals surface area contributed by atoms with Crippen molar-refractivity contribution in [1.29, 1.82) is 0 Å². The summed E-state index contributed by atoms with van der Waals surface area (Å²) >= 11 is 0. The number of ether oxygens (including phenoxy) is 1. The van der Waals surface area contributed by atoms with E-state index < -0.39 is 0 Å². The van der Waals surface area contributed by atoms with Crippen LogP contribution in [0.15, 0.2) is 24.3 Å². The van der Waals surface area contributed by atoms with Gasteiger partial charge in [0.1, 0.15) is 5.75 Å². The molecule has 0 saturated carbocycles. The number of likely N-dealkylation sites (N-methyl/N-ethyl adjacent to an activating group) is 1. The third-order valence-electron chi connectivity index (χ3n) is 3.19. The van der Waals surface area contributed by atoms with Gasteiger partial charge in [-0.25, -0.2) is 0 Å². The summed E-state index contributed by atoms with van der Waals surface area (Å²) in [5.41, 5.74) is 6.48. The van der Waals surface area contributed by atoms with Crippen molar-refractivity contribution in [1.82, 2.24) is 9.80 Å². The van der Waals surface area contributed by atoms with Gasteiger partial charge in [-0.15, -0.1) is 0 Å². The molecule has 0 bridgehead atoms. The van der Waals surface area contributed by atoms with Crippen LogP contribution >= 0.6 is 0 Å². The number of carbonyl (C=O) groups excluding carboxylic acids is 1. The zero-order chi connectivity index (χ0) is 15.7. The molecule has 0 aromatic heterocycles. The van der Waals surface area contributed by atoms with Crippen LogP contribution in [0.5, 0.6) is 5.75 Å². The van der Waals surface area contributed by atoms with Crippen molar-refractivity contribution in [3.8, 4) is 5.75 Å². The molecule has 1 rings (SSSR count). The van der Waals surface area contributed by atoms with Crippen LogP contribution in [0, 0.1) is 0 Å². The normalized spacial score (nSPS) is 10.7. The lowest BCUT2D eigenvalue weighted by atomic mass is 10.3. The lowest BCUT2D eigenvalue weighted by Crippen LogP contribution is -2.37. The van der Waals surface area contributed by atoms with Gasteiger partial charge >= 0.3 is 0 Å². The maximum Gasteiger partial charge on any atom is 0.236 e. The van der Waals surface area contributed by atoms with Crippen molar-refractivity contribution < 1.29 is 9.53 Å². The molecule has 0 aliphatic heterocycles. The number of hydrogen-bond donors (Lipinski definition) is 1. The molecular weight excluding hydrogens is 266 g/mol. The number of carbonyl (C=O) groups is 1. The molecule has 118 valence electrons. The fourth-order valence-electron chi connectivity index (χ4n) is 2.00. The van der Waals surface area contributed by atoms with Gasteiger partial charge in [-0.05, 0) is 31.5 Å². The summed E-state index contributed by atoms with van der Waals surface area (Å²) in [5, 5.41) is 0. The molecule has 0 heterocycles. The highest BCUT2D eigenvalue weighted by atomic mass is 16.5. The first kappa shape index (κ1) is 17.3. The number of nitrogen functional groups attached to an aromatic ring is 1. The first-order chi connectivity index (χ1) is 10.0. The molecule has 1 aromatic rings. The van der Waals surface area contributed by atoms with E-state index in [1.54, 1.807) is 19.0 Å². The fourth-order valence-corrected chi connectivity index (χ4v) is 2.00. The third-order valence-corrected chi connectivity index (χ3v) is 3.19. The number of anilines is 1. The van der Waals surface area contributed by atoms with Crippen molar-refractivity contribution in [3.63, 3.8) is 0 Å². The summed E-state index contributed by atoms with van der Waals surface area (Å²) in [6.45, 7) is 4.96. The number of hydrogen-bond acceptors (Lipinski definition) is 4. The van der Waals surface area contributed by atoms with Crippen molar-refractivity contribution in [2.75, 3.05) is 46.1 Å². The van der Waals surface area contributed by atoms with E-state index >= 15 is 0 Å². The Balaban J connectivity index is 2.33. The highest BCUT2D eigenvalue weighted by Gasteiger charge is 2.11. The molecule has 0 unspecified atom stereocenters. The standard InChI is InChI=1S/C16H27N3O2/c1-4-10-19(13-16(20)18(2)3)11-7-12-21-15-9-6-5-8-14(15)17/h5-6,8-9H,4,7,10-13,17H2,1-3H3. The van der Waals surface area contributed by atoms with Gasteiger partial charge in [-0.1, -0.05) is 19.1 Å². The van der Waals surface area contributed by atoms with E-state index in [-0.39, 0.29) is 5.91 Å². The van der Waals surface area contributed by atoms with Gasteiger partial charge in [0.15, 0.2) is 0 Å². The first-order valence-electron chi connectivity index (χ1n) is 7.44. The summed E-state index contributed by atoms with van der Waals surface area (Å²) in [6.07, 6.45) is 1.91. The third kappa shape index (κ3) is 6.49. The Morgan fingerprint density at radius 3 is 2.57 bits per heavy atom. The van der Waals surface area contributed by atoms with Crippen molar-refractivity contribution in [2.24, 2.45) is 0 Å². The Labute approximate surface area is 127 Å². The summed E-state index contributed by atoms with van der Waals surface area (Å²) in [4.78, 5) is 15.6. The van der Waals surface area contributed by atoms with E-state index in [0.717, 1.165) is 31.7 Å². The second kappa shape index (κ2) is 9.23. The minimum absolute atomic E-state index is 0.136. The maximum atomic E-state index is 11.8. The van der Waals surface area contributed by atoms with Crippen LogP contribution < -0.4 is 10.5 Å². The molecule has 21 heavy (non-hydrogen) atoms. The highest BCUT2D eigenvalue weighted by molar-refractivity contribution is 5.77. The van der Waals surface area contributed by atoms with Crippen LogP contribution in [-0.4, -0.2) is 56.0 Å². The minimum Gasteiger partial charge on any atom is -0.491 e. The largest absolute Gasteiger partial charge is 0.491 e. The lowest BCUT2D eigenvalue weighted by molar-refractivity contribution is -0.129. The smallest absolute Gasteiger partial charge is 0.236 e. The second-order valence-corrected chi connectivity index (χ2v) is 5.30. The van der Waals surface area contributed by atoms with Crippen LogP contribution in [0.25, 0.3) is 0 Å². The number of nitrogens with zero attached hydrogens (tertiary/aromatic N) is 2. The van der Waals surface area contributed by atoms with Gasteiger partial charge in [-0.3, -0.25) is 9.69 Å². The lowest BCUT2D eigenvalue weighted by Gasteiger charge is -2.23. The maximum absolute atomic E-state index is 11.8. The molecule has 0 saturated heterocycles. The molecule has 0 aliphatic rings. The van der Waals surface area contributed by atoms with Crippen LogP contribution in [0.1, 0.15) is 19.8 Å². The molecule has 0 fully saturated rings. The van der Waals surface area contributed by atoms with E-state index in [1.165, 1.54) is 0 Å². The topological polar surface area (TPSA) is 58.8 Å². The van der Waals surface area contributed by atoms with Crippen molar-refractivity contribution >= 4 is 11.6 Å². The average molecular weight is 293 g/mol. The van der Waals surface area contributed by atoms with E-state index in [2.05, 4.69) is 11.8 Å². The van der Waals surface area contributed by atoms with Gasteiger partial charge in [0, 0.05) is 20.6 Å². The molecule has 1 aromatic carbocycles. The summed E-state index contributed by atoms with van der Waals surface area (Å²) in [7, 11) is 3.57. The molecule has 0 spiro atoms. The van der Waals surface area contributed by atoms with Crippen molar-refractivity contribution in [3.05, 3.63) is 24.3 Å². The average Bonchev–Trinajstić information content (AvgIpc) is 2.45. The number of benzene rings is 1.